The predicted molar refractivity (Wildman–Crippen MR) is 92.0 cm³/mol. The normalized spacial score (nSPS) is 13.0. The Balaban J connectivity index is 1.60. The van der Waals surface area contributed by atoms with Crippen molar-refractivity contribution in [2.75, 3.05) is 6.54 Å². The van der Waals surface area contributed by atoms with E-state index >= 15 is 0 Å². The maximum absolute atomic E-state index is 12.3. The number of nitrogens with one attached hydrogen (secondary N) is 1. The van der Waals surface area contributed by atoms with Crippen molar-refractivity contribution in [1.82, 2.24) is 10.2 Å². The fraction of sp³-hybridized carbons (Fsp3) is 0.263. The van der Waals surface area contributed by atoms with Crippen molar-refractivity contribution in [2.45, 2.75) is 26.1 Å². The lowest BCUT2D eigenvalue weighted by atomic mass is 9.97. The molecule has 0 atom stereocenters. The number of nitrogens with zero attached hydrogens (tertiary/aromatic N) is 1. The maximum atomic E-state index is 12.3. The van der Waals surface area contributed by atoms with Crippen LogP contribution in [0.3, 0.4) is 0 Å². The van der Waals surface area contributed by atoms with Crippen LogP contribution in [0, 0.1) is 0 Å². The minimum atomic E-state index is -1.05. The van der Waals surface area contributed by atoms with Gasteiger partial charge in [-0.25, -0.2) is 9.59 Å². The second kappa shape index (κ2) is 7.70. The van der Waals surface area contributed by atoms with E-state index < -0.39 is 6.09 Å². The zero-order chi connectivity index (χ0) is 17.6. The standard InChI is InChI=1S/C19H20N2O4/c22-18(23)20-11-15-6-7-16-8-9-21(12-17(16)10-15)19(24)25-13-14-4-2-1-3-5-14/h1-7,10,20H,8-9,11-13H2,(H,22,23). The Kier molecular flexibility index (Phi) is 5.18. The second-order valence-corrected chi connectivity index (χ2v) is 5.97. The van der Waals surface area contributed by atoms with Gasteiger partial charge in [-0.2, -0.15) is 0 Å². The molecule has 2 aromatic carbocycles. The zero-order valence-corrected chi connectivity index (χ0v) is 13.8. The molecule has 0 unspecified atom stereocenters. The van der Waals surface area contributed by atoms with E-state index in [4.69, 9.17) is 9.84 Å². The lowest BCUT2D eigenvalue weighted by molar-refractivity contribution is 0.0918. The topological polar surface area (TPSA) is 78.9 Å². The Morgan fingerprint density at radius 3 is 2.64 bits per heavy atom. The molecule has 6 heteroatoms. The summed E-state index contributed by atoms with van der Waals surface area (Å²) in [7, 11) is 0. The van der Waals surface area contributed by atoms with Crippen LogP contribution >= 0.6 is 0 Å². The first-order valence-corrected chi connectivity index (χ1v) is 8.15. The molecule has 0 aliphatic carbocycles. The lowest BCUT2D eigenvalue weighted by Gasteiger charge is -2.28. The number of hydrogen-bond donors (Lipinski definition) is 2. The molecule has 2 aromatic rings. The monoisotopic (exact) mass is 340 g/mol. The van der Waals surface area contributed by atoms with Gasteiger partial charge in [0.15, 0.2) is 0 Å². The summed E-state index contributed by atoms with van der Waals surface area (Å²) in [4.78, 5) is 24.6. The summed E-state index contributed by atoms with van der Waals surface area (Å²) in [6.07, 6.45) is -0.616. The van der Waals surface area contributed by atoms with E-state index in [1.807, 2.05) is 48.5 Å². The number of carboxylic acid groups (broad SMARTS) is 1. The Morgan fingerprint density at radius 2 is 1.88 bits per heavy atom. The summed E-state index contributed by atoms with van der Waals surface area (Å²) < 4.78 is 5.39. The number of carbonyl (C=O) groups excluding carboxylic acids is 1. The van der Waals surface area contributed by atoms with E-state index in [0.717, 1.165) is 23.1 Å². The molecule has 0 fully saturated rings. The lowest BCUT2D eigenvalue weighted by Crippen LogP contribution is -2.36. The van der Waals surface area contributed by atoms with Crippen molar-refractivity contribution in [3.8, 4) is 0 Å². The van der Waals surface area contributed by atoms with Crippen molar-refractivity contribution in [3.63, 3.8) is 0 Å². The molecule has 130 valence electrons. The molecule has 1 heterocycles. The van der Waals surface area contributed by atoms with Gasteiger partial charge in [0.25, 0.3) is 0 Å². The number of carbonyl (C=O) groups is 2. The van der Waals surface area contributed by atoms with Crippen LogP contribution in [0.25, 0.3) is 0 Å². The number of fused-ring (bicyclic) bond motifs is 1. The first-order chi connectivity index (χ1) is 12.1. The highest BCUT2D eigenvalue weighted by Crippen LogP contribution is 2.21. The van der Waals surface area contributed by atoms with Crippen LogP contribution in [0.2, 0.25) is 0 Å². The summed E-state index contributed by atoms with van der Waals surface area (Å²) in [5.41, 5.74) is 4.05. The molecule has 0 aromatic heterocycles. The van der Waals surface area contributed by atoms with Crippen molar-refractivity contribution in [1.29, 1.82) is 0 Å². The van der Waals surface area contributed by atoms with E-state index in [1.165, 1.54) is 5.56 Å². The fourth-order valence-corrected chi connectivity index (χ4v) is 2.86. The molecule has 0 radical (unpaired) electrons. The van der Waals surface area contributed by atoms with Crippen LogP contribution in [0.1, 0.15) is 22.3 Å². The van der Waals surface area contributed by atoms with Gasteiger partial charge in [0.2, 0.25) is 0 Å². The summed E-state index contributed by atoms with van der Waals surface area (Å²) in [5, 5.41) is 11.1. The molecule has 0 spiro atoms. The number of benzene rings is 2. The third kappa shape index (κ3) is 4.50. The van der Waals surface area contributed by atoms with E-state index in [9.17, 15) is 9.59 Å². The Morgan fingerprint density at radius 1 is 1.08 bits per heavy atom. The van der Waals surface area contributed by atoms with Gasteiger partial charge in [0, 0.05) is 19.6 Å². The molecule has 3 rings (SSSR count). The first kappa shape index (κ1) is 16.8. The quantitative estimate of drug-likeness (QED) is 0.896. The molecule has 25 heavy (non-hydrogen) atoms. The molecule has 0 saturated heterocycles. The van der Waals surface area contributed by atoms with E-state index in [2.05, 4.69) is 5.32 Å². The molecule has 1 aliphatic heterocycles. The van der Waals surface area contributed by atoms with E-state index in [-0.39, 0.29) is 19.2 Å². The van der Waals surface area contributed by atoms with Gasteiger partial charge >= 0.3 is 12.2 Å². The largest absolute Gasteiger partial charge is 0.465 e. The average Bonchev–Trinajstić information content (AvgIpc) is 2.64. The molecule has 2 amide bonds. The molecule has 0 bridgehead atoms. The zero-order valence-electron chi connectivity index (χ0n) is 13.8. The van der Waals surface area contributed by atoms with Gasteiger partial charge in [0.1, 0.15) is 6.61 Å². The van der Waals surface area contributed by atoms with E-state index in [1.54, 1.807) is 4.90 Å². The van der Waals surface area contributed by atoms with Crippen LogP contribution in [0.5, 0.6) is 0 Å². The number of rotatable bonds is 4. The molecule has 2 N–H and O–H groups in total. The fourth-order valence-electron chi connectivity index (χ4n) is 2.86. The maximum Gasteiger partial charge on any atom is 0.410 e. The van der Waals surface area contributed by atoms with Crippen molar-refractivity contribution < 1.29 is 19.4 Å². The van der Waals surface area contributed by atoms with Gasteiger partial charge in [-0.05, 0) is 28.7 Å². The van der Waals surface area contributed by atoms with Gasteiger partial charge in [-0.15, -0.1) is 0 Å². The van der Waals surface area contributed by atoms with Gasteiger partial charge in [0.05, 0.1) is 0 Å². The number of ether oxygens (including phenoxy) is 1. The van der Waals surface area contributed by atoms with Crippen LogP contribution in [-0.2, 0) is 30.9 Å². The minimum absolute atomic E-state index is 0.251. The van der Waals surface area contributed by atoms with Crippen molar-refractivity contribution in [3.05, 3.63) is 70.8 Å². The SMILES string of the molecule is O=C(O)NCc1ccc2c(c1)CN(C(=O)OCc1ccccc1)CC2. The Bertz CT molecular complexity index is 761. The van der Waals surface area contributed by atoms with Gasteiger partial charge < -0.3 is 20.1 Å². The Hall–Kier alpha value is -3.02. The first-order valence-electron chi connectivity index (χ1n) is 8.15. The number of hydrogen-bond acceptors (Lipinski definition) is 3. The predicted octanol–water partition coefficient (Wildman–Crippen LogP) is 3.15. The second-order valence-electron chi connectivity index (χ2n) is 5.97. The molecule has 6 nitrogen and oxygen atoms in total. The van der Waals surface area contributed by atoms with Crippen LogP contribution in [-0.4, -0.2) is 28.7 Å². The van der Waals surface area contributed by atoms with Crippen LogP contribution < -0.4 is 5.32 Å². The smallest absolute Gasteiger partial charge is 0.410 e. The van der Waals surface area contributed by atoms with Gasteiger partial charge in [-0.1, -0.05) is 48.5 Å². The third-order valence-electron chi connectivity index (χ3n) is 4.19. The van der Waals surface area contributed by atoms with Crippen molar-refractivity contribution in [2.24, 2.45) is 0 Å². The minimum Gasteiger partial charge on any atom is -0.465 e. The summed E-state index contributed by atoms with van der Waals surface area (Å²) >= 11 is 0. The highest BCUT2D eigenvalue weighted by Gasteiger charge is 2.22. The molecule has 0 saturated carbocycles. The van der Waals surface area contributed by atoms with Crippen LogP contribution in [0.15, 0.2) is 48.5 Å². The molecular formula is C19H20N2O4. The highest BCUT2D eigenvalue weighted by molar-refractivity contribution is 5.68. The summed E-state index contributed by atoms with van der Waals surface area (Å²) in [6.45, 7) is 1.60. The average molecular weight is 340 g/mol. The molecule has 1 aliphatic rings. The number of amides is 2. The van der Waals surface area contributed by atoms with E-state index in [0.29, 0.717) is 13.1 Å². The highest BCUT2D eigenvalue weighted by atomic mass is 16.6. The third-order valence-corrected chi connectivity index (χ3v) is 4.19. The van der Waals surface area contributed by atoms with Gasteiger partial charge in [-0.3, -0.25) is 0 Å². The summed E-state index contributed by atoms with van der Waals surface area (Å²) in [6, 6.07) is 15.4. The van der Waals surface area contributed by atoms with Crippen molar-refractivity contribution >= 4 is 12.2 Å². The molecular weight excluding hydrogens is 320 g/mol. The summed E-state index contributed by atoms with van der Waals surface area (Å²) in [5.74, 6) is 0. The Labute approximate surface area is 146 Å². The van der Waals surface area contributed by atoms with Crippen LogP contribution in [0.4, 0.5) is 9.59 Å².